The molecular formula is C15H17BrFN3S. The molecule has 3 nitrogen and oxygen atoms in total. The Morgan fingerprint density at radius 3 is 2.67 bits per heavy atom. The first-order chi connectivity index (χ1) is 10.1. The number of halogens is 2. The molecule has 0 spiro atoms. The highest BCUT2D eigenvalue weighted by Gasteiger charge is 2.03. The average Bonchev–Trinajstić information content (AvgIpc) is 2.88. The maximum atomic E-state index is 13.5. The maximum Gasteiger partial charge on any atom is 0.191 e. The van der Waals surface area contributed by atoms with E-state index in [9.17, 15) is 4.39 Å². The minimum Gasteiger partial charge on any atom is -0.352 e. The van der Waals surface area contributed by atoms with Crippen LogP contribution in [0.4, 0.5) is 4.39 Å². The predicted octanol–water partition coefficient (Wildman–Crippen LogP) is 3.82. The van der Waals surface area contributed by atoms with Crippen molar-refractivity contribution in [1.29, 1.82) is 0 Å². The van der Waals surface area contributed by atoms with Crippen molar-refractivity contribution in [2.75, 3.05) is 7.05 Å². The molecule has 6 heteroatoms. The first-order valence-corrected chi connectivity index (χ1v) is 8.18. The van der Waals surface area contributed by atoms with Crippen molar-refractivity contribution < 1.29 is 4.39 Å². The number of thiophene rings is 1. The average molecular weight is 370 g/mol. The number of hydrogen-bond acceptors (Lipinski definition) is 2. The highest BCUT2D eigenvalue weighted by molar-refractivity contribution is 9.10. The molecule has 0 saturated heterocycles. The third-order valence-corrected chi connectivity index (χ3v) is 4.67. The van der Waals surface area contributed by atoms with Gasteiger partial charge in [0.1, 0.15) is 5.82 Å². The van der Waals surface area contributed by atoms with Gasteiger partial charge >= 0.3 is 0 Å². The van der Waals surface area contributed by atoms with Crippen LogP contribution < -0.4 is 10.6 Å². The number of hydrogen-bond donors (Lipinski definition) is 2. The zero-order valence-corrected chi connectivity index (χ0v) is 14.3. The summed E-state index contributed by atoms with van der Waals surface area (Å²) in [5, 5.41) is 8.45. The summed E-state index contributed by atoms with van der Waals surface area (Å²) >= 11 is 5.11. The summed E-state index contributed by atoms with van der Waals surface area (Å²) in [4.78, 5) is 5.37. The van der Waals surface area contributed by atoms with Gasteiger partial charge in [0.25, 0.3) is 0 Å². The van der Waals surface area contributed by atoms with Gasteiger partial charge < -0.3 is 10.6 Å². The van der Waals surface area contributed by atoms with Gasteiger partial charge in [-0.05, 0) is 46.1 Å². The highest BCUT2D eigenvalue weighted by Crippen LogP contribution is 2.19. The van der Waals surface area contributed by atoms with Gasteiger partial charge in [-0.3, -0.25) is 4.99 Å². The van der Waals surface area contributed by atoms with Gasteiger partial charge in [-0.1, -0.05) is 12.1 Å². The largest absolute Gasteiger partial charge is 0.352 e. The summed E-state index contributed by atoms with van der Waals surface area (Å²) in [5.41, 5.74) is 1.55. The van der Waals surface area contributed by atoms with Crippen LogP contribution in [0, 0.1) is 12.7 Å². The lowest BCUT2D eigenvalue weighted by molar-refractivity contribution is 0.615. The summed E-state index contributed by atoms with van der Waals surface area (Å²) in [6.45, 7) is 3.00. The summed E-state index contributed by atoms with van der Waals surface area (Å²) in [7, 11) is 1.72. The van der Waals surface area contributed by atoms with Crippen LogP contribution in [-0.4, -0.2) is 13.0 Å². The molecule has 1 heterocycles. The first-order valence-electron chi connectivity index (χ1n) is 6.51. The first kappa shape index (κ1) is 16.0. The quantitative estimate of drug-likeness (QED) is 0.634. The molecule has 0 amide bonds. The molecule has 112 valence electrons. The Labute approximate surface area is 136 Å². The molecule has 0 aliphatic heterocycles. The van der Waals surface area contributed by atoms with Crippen LogP contribution in [0.1, 0.15) is 16.0 Å². The molecular weight excluding hydrogens is 353 g/mol. The van der Waals surface area contributed by atoms with Crippen LogP contribution in [0.2, 0.25) is 0 Å². The molecule has 0 aliphatic carbocycles. The molecule has 0 bridgehead atoms. The Morgan fingerprint density at radius 2 is 2.05 bits per heavy atom. The fourth-order valence-electron chi connectivity index (χ4n) is 1.77. The Bertz CT molecular complexity index is 640. The monoisotopic (exact) mass is 369 g/mol. The highest BCUT2D eigenvalue weighted by atomic mass is 79.9. The van der Waals surface area contributed by atoms with Crippen LogP contribution in [0.5, 0.6) is 0 Å². The lowest BCUT2D eigenvalue weighted by Gasteiger charge is -2.11. The second-order valence-electron chi connectivity index (χ2n) is 4.59. The van der Waals surface area contributed by atoms with Gasteiger partial charge in [-0.25, -0.2) is 4.39 Å². The second kappa shape index (κ2) is 7.56. The van der Waals surface area contributed by atoms with Crippen molar-refractivity contribution >= 4 is 33.2 Å². The lowest BCUT2D eigenvalue weighted by Crippen LogP contribution is -2.36. The van der Waals surface area contributed by atoms with E-state index in [1.807, 2.05) is 11.4 Å². The molecule has 0 saturated carbocycles. The second-order valence-corrected chi connectivity index (χ2v) is 6.51. The van der Waals surface area contributed by atoms with E-state index in [-0.39, 0.29) is 5.82 Å². The smallest absolute Gasteiger partial charge is 0.191 e. The summed E-state index contributed by atoms with van der Waals surface area (Å²) in [6.07, 6.45) is 0. The molecule has 1 aromatic heterocycles. The zero-order valence-electron chi connectivity index (χ0n) is 11.9. The summed E-state index contributed by atoms with van der Waals surface area (Å²) < 4.78 is 14.6. The molecule has 0 fully saturated rings. The van der Waals surface area contributed by atoms with Crippen molar-refractivity contribution in [2.24, 2.45) is 4.99 Å². The van der Waals surface area contributed by atoms with E-state index < -0.39 is 0 Å². The molecule has 21 heavy (non-hydrogen) atoms. The van der Waals surface area contributed by atoms with Crippen LogP contribution in [0.15, 0.2) is 39.1 Å². The molecule has 0 radical (unpaired) electrons. The van der Waals surface area contributed by atoms with E-state index in [1.165, 1.54) is 4.88 Å². The number of aryl methyl sites for hydroxylation is 1. The zero-order chi connectivity index (χ0) is 15.2. The van der Waals surface area contributed by atoms with Gasteiger partial charge in [0.15, 0.2) is 5.96 Å². The van der Waals surface area contributed by atoms with E-state index in [2.05, 4.69) is 37.6 Å². The van der Waals surface area contributed by atoms with Gasteiger partial charge in [0, 0.05) is 28.3 Å². The van der Waals surface area contributed by atoms with Crippen molar-refractivity contribution in [1.82, 2.24) is 10.6 Å². The van der Waals surface area contributed by atoms with Crippen LogP contribution in [0.25, 0.3) is 0 Å². The normalized spacial score (nSPS) is 11.5. The molecule has 0 aliphatic rings. The summed E-state index contributed by atoms with van der Waals surface area (Å²) in [6, 6.07) is 7.31. The SMILES string of the molecule is CN=C(NCc1ccc(C)c(F)c1)NCc1cc(Br)cs1. The third kappa shape index (κ3) is 4.82. The molecule has 2 N–H and O–H groups in total. The number of nitrogens with zero attached hydrogens (tertiary/aromatic N) is 1. The maximum absolute atomic E-state index is 13.5. The minimum absolute atomic E-state index is 0.180. The van der Waals surface area contributed by atoms with E-state index in [4.69, 9.17) is 0 Å². The van der Waals surface area contributed by atoms with E-state index in [0.29, 0.717) is 24.6 Å². The number of rotatable bonds is 4. The standard InChI is InChI=1S/C15H17BrFN3S/c1-10-3-4-11(5-14(10)17)7-19-15(18-2)20-8-13-6-12(16)9-21-13/h3-6,9H,7-8H2,1-2H3,(H2,18,19,20). The van der Waals surface area contributed by atoms with E-state index >= 15 is 0 Å². The Kier molecular flexibility index (Phi) is 5.76. The van der Waals surface area contributed by atoms with Gasteiger partial charge in [-0.15, -0.1) is 11.3 Å². The van der Waals surface area contributed by atoms with Crippen LogP contribution in [0.3, 0.4) is 0 Å². The van der Waals surface area contributed by atoms with Crippen LogP contribution in [-0.2, 0) is 13.1 Å². The van der Waals surface area contributed by atoms with Crippen molar-refractivity contribution in [3.05, 3.63) is 55.9 Å². The molecule has 2 aromatic rings. The molecule has 0 unspecified atom stereocenters. The minimum atomic E-state index is -0.180. The van der Waals surface area contributed by atoms with Crippen molar-refractivity contribution in [2.45, 2.75) is 20.0 Å². The van der Waals surface area contributed by atoms with Crippen molar-refractivity contribution in [3.63, 3.8) is 0 Å². The Hall–Kier alpha value is -1.40. The Morgan fingerprint density at radius 1 is 1.29 bits per heavy atom. The van der Waals surface area contributed by atoms with Gasteiger partial charge in [0.2, 0.25) is 0 Å². The number of guanidine groups is 1. The predicted molar refractivity (Wildman–Crippen MR) is 90.2 cm³/mol. The lowest BCUT2D eigenvalue weighted by atomic mass is 10.1. The third-order valence-electron chi connectivity index (χ3n) is 2.97. The number of aliphatic imine (C=N–C) groups is 1. The molecule has 2 rings (SSSR count). The molecule has 0 atom stereocenters. The van der Waals surface area contributed by atoms with E-state index in [1.54, 1.807) is 37.4 Å². The topological polar surface area (TPSA) is 36.4 Å². The fraction of sp³-hybridized carbons (Fsp3) is 0.267. The van der Waals surface area contributed by atoms with Gasteiger partial charge in [0.05, 0.1) is 6.54 Å². The Balaban J connectivity index is 1.86. The van der Waals surface area contributed by atoms with E-state index in [0.717, 1.165) is 10.0 Å². The molecule has 1 aromatic carbocycles. The van der Waals surface area contributed by atoms with Gasteiger partial charge in [-0.2, -0.15) is 0 Å². The number of benzene rings is 1. The van der Waals surface area contributed by atoms with Crippen LogP contribution >= 0.6 is 27.3 Å². The number of nitrogens with one attached hydrogen (secondary N) is 2. The fourth-order valence-corrected chi connectivity index (χ4v) is 3.16. The summed E-state index contributed by atoms with van der Waals surface area (Å²) in [5.74, 6) is 0.515. The van der Waals surface area contributed by atoms with Crippen molar-refractivity contribution in [3.8, 4) is 0 Å².